The largest absolute Gasteiger partial charge is 0.296 e. The van der Waals surface area contributed by atoms with Crippen molar-refractivity contribution < 1.29 is 14.0 Å². The van der Waals surface area contributed by atoms with Crippen molar-refractivity contribution in [1.29, 1.82) is 0 Å². The standard InChI is InChI=1S/C30H35F2N3O2/c1-4-35(37)28-19-24(21(2)3)5-6-25(30(28)36)20-33-15-17-34(18-16-33)29(22-7-11-26(31)12-8-22)23-9-13-27(32)14-10-23/h5-14,19,21,29,37H,4,15-18,20H2,1-3H3. The number of anilines is 1. The maximum atomic E-state index is 13.6. The van der Waals surface area contributed by atoms with Gasteiger partial charge in [0.05, 0.1) is 6.04 Å². The van der Waals surface area contributed by atoms with Crippen LogP contribution in [0, 0.1) is 11.6 Å². The van der Waals surface area contributed by atoms with E-state index in [2.05, 4.69) is 23.6 Å². The van der Waals surface area contributed by atoms with Crippen LogP contribution in [0.2, 0.25) is 0 Å². The zero-order valence-electron chi connectivity index (χ0n) is 21.7. The smallest absolute Gasteiger partial charge is 0.208 e. The number of rotatable bonds is 8. The van der Waals surface area contributed by atoms with Crippen molar-refractivity contribution in [2.24, 2.45) is 0 Å². The summed E-state index contributed by atoms with van der Waals surface area (Å²) in [6, 6.07) is 18.5. The van der Waals surface area contributed by atoms with E-state index < -0.39 is 0 Å². The first-order chi connectivity index (χ1) is 17.8. The summed E-state index contributed by atoms with van der Waals surface area (Å²) in [5.74, 6) is -0.359. The van der Waals surface area contributed by atoms with Crippen LogP contribution >= 0.6 is 0 Å². The van der Waals surface area contributed by atoms with Crippen LogP contribution in [0.25, 0.3) is 0 Å². The van der Waals surface area contributed by atoms with Gasteiger partial charge >= 0.3 is 0 Å². The third-order valence-electron chi connectivity index (χ3n) is 7.09. The van der Waals surface area contributed by atoms with Crippen molar-refractivity contribution >= 4 is 5.69 Å². The van der Waals surface area contributed by atoms with Gasteiger partial charge in [-0.15, -0.1) is 0 Å². The molecule has 1 aliphatic rings. The van der Waals surface area contributed by atoms with E-state index in [0.29, 0.717) is 24.3 Å². The molecule has 5 nitrogen and oxygen atoms in total. The Kier molecular flexibility index (Phi) is 8.69. The minimum absolute atomic E-state index is 0.124. The van der Waals surface area contributed by atoms with Gasteiger partial charge < -0.3 is 0 Å². The van der Waals surface area contributed by atoms with Gasteiger partial charge in [0.2, 0.25) is 5.43 Å². The lowest BCUT2D eigenvalue weighted by atomic mass is 9.96. The number of benzene rings is 2. The minimum Gasteiger partial charge on any atom is -0.296 e. The molecule has 196 valence electrons. The quantitative estimate of drug-likeness (QED) is 0.404. The summed E-state index contributed by atoms with van der Waals surface area (Å²) in [6.07, 6.45) is 0. The topological polar surface area (TPSA) is 47.0 Å². The van der Waals surface area contributed by atoms with Crippen LogP contribution in [0.15, 0.2) is 71.5 Å². The van der Waals surface area contributed by atoms with Crippen LogP contribution < -0.4 is 10.5 Å². The van der Waals surface area contributed by atoms with Crippen molar-refractivity contribution in [2.75, 3.05) is 37.8 Å². The second-order valence-electron chi connectivity index (χ2n) is 9.91. The Balaban J connectivity index is 1.54. The highest BCUT2D eigenvalue weighted by Gasteiger charge is 2.27. The van der Waals surface area contributed by atoms with Gasteiger partial charge in [0.25, 0.3) is 0 Å². The summed E-state index contributed by atoms with van der Waals surface area (Å²) in [5, 5.41) is 11.4. The molecule has 1 heterocycles. The molecule has 1 N–H and O–H groups in total. The van der Waals surface area contributed by atoms with E-state index in [4.69, 9.17) is 0 Å². The van der Waals surface area contributed by atoms with E-state index in [1.54, 1.807) is 37.3 Å². The Morgan fingerprint density at radius 2 is 1.35 bits per heavy atom. The molecular formula is C30H35F2N3O2. The number of halogens is 2. The maximum Gasteiger partial charge on any atom is 0.208 e. The first kappa shape index (κ1) is 26.9. The predicted octanol–water partition coefficient (Wildman–Crippen LogP) is 5.57. The molecule has 7 heteroatoms. The fourth-order valence-corrected chi connectivity index (χ4v) is 4.88. The van der Waals surface area contributed by atoms with Gasteiger partial charge in [-0.1, -0.05) is 50.2 Å². The molecule has 4 rings (SSSR count). The maximum absolute atomic E-state index is 13.6. The number of piperazine rings is 1. The van der Waals surface area contributed by atoms with Crippen LogP contribution in [-0.4, -0.2) is 47.7 Å². The average Bonchev–Trinajstić information content (AvgIpc) is 3.06. The fourth-order valence-electron chi connectivity index (χ4n) is 4.88. The molecule has 0 unspecified atom stereocenters. The Bertz CT molecular complexity index is 1200. The molecule has 0 atom stereocenters. The minimum atomic E-state index is -0.291. The lowest BCUT2D eigenvalue weighted by molar-refractivity contribution is 0.104. The number of hydrogen-bond donors (Lipinski definition) is 1. The lowest BCUT2D eigenvalue weighted by Gasteiger charge is -2.39. The molecule has 0 aliphatic carbocycles. The first-order valence-corrected chi connectivity index (χ1v) is 12.9. The summed E-state index contributed by atoms with van der Waals surface area (Å²) in [4.78, 5) is 17.9. The number of hydroxylamine groups is 1. The summed E-state index contributed by atoms with van der Waals surface area (Å²) >= 11 is 0. The molecule has 1 fully saturated rings. The average molecular weight is 508 g/mol. The van der Waals surface area contributed by atoms with Crippen molar-refractivity contribution in [2.45, 2.75) is 39.3 Å². The highest BCUT2D eigenvalue weighted by Crippen LogP contribution is 2.30. The molecule has 1 saturated heterocycles. The summed E-state index contributed by atoms with van der Waals surface area (Å²) < 4.78 is 27.2. The number of nitrogens with zero attached hydrogens (tertiary/aromatic N) is 3. The van der Waals surface area contributed by atoms with Crippen molar-refractivity contribution in [3.8, 4) is 0 Å². The molecule has 1 aliphatic heterocycles. The van der Waals surface area contributed by atoms with Crippen LogP contribution in [0.4, 0.5) is 14.5 Å². The number of hydrogen-bond acceptors (Lipinski definition) is 5. The van der Waals surface area contributed by atoms with E-state index in [0.717, 1.165) is 47.9 Å². The molecule has 0 spiro atoms. The van der Waals surface area contributed by atoms with Gasteiger partial charge in [-0.3, -0.25) is 24.9 Å². The monoisotopic (exact) mass is 507 g/mol. The van der Waals surface area contributed by atoms with E-state index in [9.17, 15) is 18.8 Å². The second-order valence-corrected chi connectivity index (χ2v) is 9.91. The van der Waals surface area contributed by atoms with Gasteiger partial charge in [0, 0.05) is 44.8 Å². The van der Waals surface area contributed by atoms with E-state index >= 15 is 0 Å². The van der Waals surface area contributed by atoms with Gasteiger partial charge in [0.1, 0.15) is 17.3 Å². The molecule has 0 amide bonds. The molecule has 3 aromatic rings. The predicted molar refractivity (Wildman–Crippen MR) is 143 cm³/mol. The molecule has 3 aromatic carbocycles. The molecule has 37 heavy (non-hydrogen) atoms. The Hall–Kier alpha value is -3.13. The van der Waals surface area contributed by atoms with Crippen molar-refractivity contribution in [3.63, 3.8) is 0 Å². The van der Waals surface area contributed by atoms with Crippen LogP contribution in [0.1, 0.15) is 55.0 Å². The van der Waals surface area contributed by atoms with Gasteiger partial charge in [-0.05, 0) is 59.9 Å². The molecule has 0 aromatic heterocycles. The summed E-state index contributed by atoms with van der Waals surface area (Å²) in [7, 11) is 0. The van der Waals surface area contributed by atoms with Gasteiger partial charge in [0.15, 0.2) is 0 Å². The van der Waals surface area contributed by atoms with Crippen LogP contribution in [0.3, 0.4) is 0 Å². The zero-order chi connectivity index (χ0) is 26.5. The second kappa shape index (κ2) is 11.9. The molecule has 0 saturated carbocycles. The third-order valence-corrected chi connectivity index (χ3v) is 7.09. The molecule has 0 radical (unpaired) electrons. The van der Waals surface area contributed by atoms with E-state index in [1.165, 1.54) is 24.3 Å². The van der Waals surface area contributed by atoms with Gasteiger partial charge in [-0.25, -0.2) is 8.78 Å². The molecule has 0 bridgehead atoms. The van der Waals surface area contributed by atoms with Gasteiger partial charge in [-0.2, -0.15) is 0 Å². The zero-order valence-corrected chi connectivity index (χ0v) is 21.7. The normalized spacial score (nSPS) is 14.9. The van der Waals surface area contributed by atoms with Crippen molar-refractivity contribution in [3.05, 3.63) is 111 Å². The van der Waals surface area contributed by atoms with E-state index in [-0.39, 0.29) is 29.0 Å². The molecular weight excluding hydrogens is 472 g/mol. The highest BCUT2D eigenvalue weighted by atomic mass is 19.1. The van der Waals surface area contributed by atoms with Crippen molar-refractivity contribution in [1.82, 2.24) is 9.80 Å². The Morgan fingerprint density at radius 1 is 0.838 bits per heavy atom. The fraction of sp³-hybridized carbons (Fsp3) is 0.367. The lowest BCUT2D eigenvalue weighted by Crippen LogP contribution is -2.47. The summed E-state index contributed by atoms with van der Waals surface area (Å²) in [5.41, 5.74) is 3.69. The van der Waals surface area contributed by atoms with E-state index in [1.807, 2.05) is 12.1 Å². The van der Waals surface area contributed by atoms with Crippen LogP contribution in [0.5, 0.6) is 0 Å². The Morgan fingerprint density at radius 3 is 1.84 bits per heavy atom. The first-order valence-electron chi connectivity index (χ1n) is 12.9. The SMILES string of the molecule is CCN(O)c1cc(C(C)C)ccc(CN2CCN(C(c3ccc(F)cc3)c3ccc(F)cc3)CC2)c1=O. The van der Waals surface area contributed by atoms with Crippen LogP contribution in [-0.2, 0) is 6.54 Å². The third kappa shape index (κ3) is 6.42. The highest BCUT2D eigenvalue weighted by molar-refractivity contribution is 5.48. The Labute approximate surface area is 217 Å². The summed E-state index contributed by atoms with van der Waals surface area (Å²) in [6.45, 7) is 9.68.